The molecule has 2 atom stereocenters. The number of hydrogen-bond acceptors (Lipinski definition) is 6. The van der Waals surface area contributed by atoms with Gasteiger partial charge in [-0.05, 0) is 44.0 Å². The van der Waals surface area contributed by atoms with Crippen molar-refractivity contribution in [1.82, 2.24) is 5.32 Å². The number of carbonyl (C=O) groups excluding carboxylic acids is 3. The van der Waals surface area contributed by atoms with Crippen molar-refractivity contribution in [1.29, 1.82) is 0 Å². The highest BCUT2D eigenvalue weighted by Gasteiger charge is 2.33. The van der Waals surface area contributed by atoms with Crippen molar-refractivity contribution < 1.29 is 28.6 Å². The molecule has 0 aliphatic carbocycles. The van der Waals surface area contributed by atoms with Gasteiger partial charge in [0.05, 0.1) is 13.5 Å². The van der Waals surface area contributed by atoms with Gasteiger partial charge in [-0.1, -0.05) is 42.5 Å². The normalized spacial score (nSPS) is 12.9. The third kappa shape index (κ3) is 7.94. The van der Waals surface area contributed by atoms with E-state index < -0.39 is 35.5 Å². The van der Waals surface area contributed by atoms with Crippen LogP contribution in [0.3, 0.4) is 0 Å². The van der Waals surface area contributed by atoms with Gasteiger partial charge < -0.3 is 25.3 Å². The fourth-order valence-electron chi connectivity index (χ4n) is 3.06. The molecule has 0 aliphatic heterocycles. The second-order valence-electron chi connectivity index (χ2n) is 8.26. The Bertz CT molecular complexity index is 906. The summed E-state index contributed by atoms with van der Waals surface area (Å²) in [6.45, 7) is 5.20. The van der Waals surface area contributed by atoms with Crippen LogP contribution in [0.25, 0.3) is 0 Å². The van der Waals surface area contributed by atoms with Crippen LogP contribution in [0.4, 0.5) is 4.79 Å². The van der Waals surface area contributed by atoms with Crippen LogP contribution in [0.2, 0.25) is 0 Å². The van der Waals surface area contributed by atoms with Crippen LogP contribution in [0.5, 0.6) is 5.75 Å². The van der Waals surface area contributed by atoms with Crippen LogP contribution < -0.4 is 15.8 Å². The van der Waals surface area contributed by atoms with Crippen molar-refractivity contribution in [3.05, 3.63) is 65.7 Å². The van der Waals surface area contributed by atoms with Crippen LogP contribution in [-0.4, -0.2) is 36.7 Å². The second-order valence-corrected chi connectivity index (χ2v) is 8.26. The zero-order valence-corrected chi connectivity index (χ0v) is 18.8. The second kappa shape index (κ2) is 11.2. The molecule has 32 heavy (non-hydrogen) atoms. The molecule has 2 aromatic rings. The standard InChI is InChI=1S/C24H30N2O6/c1-24(2,3)32-23(29)26-21(22(25)28)19(17-10-12-18(30-4)13-11-17)14-20(27)31-15-16-8-6-5-7-9-16/h5-13,19,21H,14-15H2,1-4H3,(H2,25,28)(H,26,29)/t19?,21-/m1/s1. The van der Waals surface area contributed by atoms with Gasteiger partial charge in [0.25, 0.3) is 0 Å². The number of nitrogens with two attached hydrogens (primary N) is 1. The molecule has 0 spiro atoms. The molecule has 0 heterocycles. The molecular formula is C24H30N2O6. The number of rotatable bonds is 9. The lowest BCUT2D eigenvalue weighted by atomic mass is 9.88. The van der Waals surface area contributed by atoms with E-state index in [0.717, 1.165) is 5.56 Å². The molecule has 2 aromatic carbocycles. The summed E-state index contributed by atoms with van der Waals surface area (Å²) in [6, 6.07) is 14.9. The largest absolute Gasteiger partial charge is 0.497 e. The lowest BCUT2D eigenvalue weighted by Crippen LogP contribution is -2.50. The number of ether oxygens (including phenoxy) is 3. The molecule has 0 radical (unpaired) electrons. The Morgan fingerprint density at radius 3 is 2.16 bits per heavy atom. The highest BCUT2D eigenvalue weighted by molar-refractivity contribution is 5.86. The van der Waals surface area contributed by atoms with E-state index in [9.17, 15) is 14.4 Å². The summed E-state index contributed by atoms with van der Waals surface area (Å²) in [5.74, 6) is -1.50. The number of benzene rings is 2. The maximum absolute atomic E-state index is 12.6. The van der Waals surface area contributed by atoms with Gasteiger partial charge in [-0.15, -0.1) is 0 Å². The maximum Gasteiger partial charge on any atom is 0.408 e. The zero-order valence-electron chi connectivity index (χ0n) is 18.8. The van der Waals surface area contributed by atoms with E-state index >= 15 is 0 Å². The van der Waals surface area contributed by atoms with Gasteiger partial charge >= 0.3 is 12.1 Å². The number of methoxy groups -OCH3 is 1. The molecule has 0 bridgehead atoms. The van der Waals surface area contributed by atoms with Crippen LogP contribution in [0.1, 0.15) is 44.2 Å². The monoisotopic (exact) mass is 442 g/mol. The highest BCUT2D eigenvalue weighted by atomic mass is 16.6. The Kier molecular flexibility index (Phi) is 8.63. The summed E-state index contributed by atoms with van der Waals surface area (Å²) in [4.78, 5) is 37.2. The van der Waals surface area contributed by atoms with Gasteiger partial charge in [-0.2, -0.15) is 0 Å². The Morgan fingerprint density at radius 2 is 1.62 bits per heavy atom. The summed E-state index contributed by atoms with van der Waals surface area (Å²) in [7, 11) is 1.53. The summed E-state index contributed by atoms with van der Waals surface area (Å²) >= 11 is 0. The molecule has 0 aromatic heterocycles. The van der Waals surface area contributed by atoms with Crippen molar-refractivity contribution in [2.75, 3.05) is 7.11 Å². The minimum atomic E-state index is -1.19. The quantitative estimate of drug-likeness (QED) is 0.576. The summed E-state index contributed by atoms with van der Waals surface area (Å²) in [5.41, 5.74) is 6.28. The Balaban J connectivity index is 2.23. The minimum absolute atomic E-state index is 0.0930. The van der Waals surface area contributed by atoms with Crippen LogP contribution in [-0.2, 0) is 25.7 Å². The number of primary amides is 1. The molecule has 0 saturated carbocycles. The fourth-order valence-corrected chi connectivity index (χ4v) is 3.06. The lowest BCUT2D eigenvalue weighted by molar-refractivity contribution is -0.145. The molecule has 8 nitrogen and oxygen atoms in total. The number of nitrogens with one attached hydrogen (secondary N) is 1. The van der Waals surface area contributed by atoms with Crippen molar-refractivity contribution in [2.45, 2.75) is 51.4 Å². The van der Waals surface area contributed by atoms with Gasteiger partial charge in [0, 0.05) is 5.92 Å². The highest BCUT2D eigenvalue weighted by Crippen LogP contribution is 2.27. The van der Waals surface area contributed by atoms with Crippen LogP contribution in [0, 0.1) is 0 Å². The summed E-state index contributed by atoms with van der Waals surface area (Å²) in [6.07, 6.45) is -0.986. The average molecular weight is 443 g/mol. The van der Waals surface area contributed by atoms with Gasteiger partial charge in [0.15, 0.2) is 0 Å². The van der Waals surface area contributed by atoms with Crippen LogP contribution in [0.15, 0.2) is 54.6 Å². The van der Waals surface area contributed by atoms with E-state index in [1.54, 1.807) is 45.0 Å². The number of amides is 2. The van der Waals surface area contributed by atoms with E-state index in [1.165, 1.54) is 7.11 Å². The molecule has 2 rings (SSSR count). The third-order valence-corrected chi connectivity index (χ3v) is 4.55. The minimum Gasteiger partial charge on any atom is -0.497 e. The molecule has 3 N–H and O–H groups in total. The maximum atomic E-state index is 12.6. The Morgan fingerprint density at radius 1 is 1.00 bits per heavy atom. The molecule has 172 valence electrons. The lowest BCUT2D eigenvalue weighted by Gasteiger charge is -2.27. The van der Waals surface area contributed by atoms with Crippen molar-refractivity contribution in [3.8, 4) is 5.75 Å². The van der Waals surface area contributed by atoms with Crippen LogP contribution >= 0.6 is 0 Å². The summed E-state index contributed by atoms with van der Waals surface area (Å²) in [5, 5.41) is 2.50. The third-order valence-electron chi connectivity index (χ3n) is 4.55. The Hall–Kier alpha value is -3.55. The number of alkyl carbamates (subject to hydrolysis) is 1. The number of esters is 1. The zero-order chi connectivity index (χ0) is 23.7. The average Bonchev–Trinajstić information content (AvgIpc) is 2.74. The smallest absolute Gasteiger partial charge is 0.408 e. The first-order valence-electron chi connectivity index (χ1n) is 10.2. The topological polar surface area (TPSA) is 117 Å². The van der Waals surface area contributed by atoms with Crippen molar-refractivity contribution in [2.24, 2.45) is 5.73 Å². The first kappa shape index (κ1) is 24.7. The van der Waals surface area contributed by atoms with E-state index in [1.807, 2.05) is 30.3 Å². The van der Waals surface area contributed by atoms with E-state index in [0.29, 0.717) is 11.3 Å². The molecule has 0 fully saturated rings. The summed E-state index contributed by atoms with van der Waals surface area (Å²) < 4.78 is 15.8. The van der Waals surface area contributed by atoms with E-state index in [-0.39, 0.29) is 13.0 Å². The first-order chi connectivity index (χ1) is 15.1. The number of carbonyl (C=O) groups is 3. The molecule has 2 amide bonds. The first-order valence-corrected chi connectivity index (χ1v) is 10.2. The number of hydrogen-bond donors (Lipinski definition) is 2. The van der Waals surface area contributed by atoms with E-state index in [2.05, 4.69) is 5.32 Å². The van der Waals surface area contributed by atoms with Crippen molar-refractivity contribution >= 4 is 18.0 Å². The fraction of sp³-hybridized carbons (Fsp3) is 0.375. The molecule has 8 heteroatoms. The van der Waals surface area contributed by atoms with Gasteiger partial charge in [0.1, 0.15) is 24.0 Å². The molecule has 0 saturated heterocycles. The van der Waals surface area contributed by atoms with E-state index in [4.69, 9.17) is 19.9 Å². The SMILES string of the molecule is COc1ccc(C(CC(=O)OCc2ccccc2)[C@@H](NC(=O)OC(C)(C)C)C(N)=O)cc1. The van der Waals surface area contributed by atoms with Gasteiger partial charge in [0.2, 0.25) is 5.91 Å². The predicted octanol–water partition coefficient (Wildman–Crippen LogP) is 3.29. The van der Waals surface area contributed by atoms with Gasteiger partial charge in [-0.25, -0.2) is 4.79 Å². The van der Waals surface area contributed by atoms with Crippen molar-refractivity contribution in [3.63, 3.8) is 0 Å². The molecular weight excluding hydrogens is 412 g/mol. The van der Waals surface area contributed by atoms with Gasteiger partial charge in [-0.3, -0.25) is 9.59 Å². The predicted molar refractivity (Wildman–Crippen MR) is 119 cm³/mol. The molecule has 0 aliphatic rings. The Labute approximate surface area is 188 Å². The molecule has 1 unspecified atom stereocenters.